The van der Waals surface area contributed by atoms with E-state index in [-0.39, 0.29) is 18.6 Å². The minimum Gasteiger partial charge on any atom is -0.370 e. The Bertz CT molecular complexity index is 609. The molecule has 3 rings (SSSR count). The van der Waals surface area contributed by atoms with Crippen LogP contribution in [0.25, 0.3) is 0 Å². The van der Waals surface area contributed by atoms with Gasteiger partial charge in [0.05, 0.1) is 31.2 Å². The zero-order valence-electron chi connectivity index (χ0n) is 12.1. The average Bonchev–Trinajstić information content (AvgIpc) is 2.98. The summed E-state index contributed by atoms with van der Waals surface area (Å²) in [6.45, 7) is 4.12. The van der Waals surface area contributed by atoms with Gasteiger partial charge in [0.2, 0.25) is 5.91 Å². The maximum absolute atomic E-state index is 11.7. The molecule has 1 aromatic carbocycles. The number of ether oxygens (including phenoxy) is 1. The van der Waals surface area contributed by atoms with Gasteiger partial charge in [-0.2, -0.15) is 0 Å². The third kappa shape index (κ3) is 3.13. The molecule has 1 aliphatic rings. The second-order valence-electron chi connectivity index (χ2n) is 5.27. The predicted octanol–water partition coefficient (Wildman–Crippen LogP) is 1.85. The molecule has 21 heavy (non-hydrogen) atoms. The molecule has 1 atom stereocenters. The summed E-state index contributed by atoms with van der Waals surface area (Å²) in [6, 6.07) is 10.5. The zero-order valence-corrected chi connectivity index (χ0v) is 12.1. The number of carbonyl (C=O) groups excluding carboxylic acids is 1. The largest absolute Gasteiger partial charge is 0.370 e. The fourth-order valence-electron chi connectivity index (χ4n) is 2.49. The Balaban J connectivity index is 1.70. The number of amides is 1. The van der Waals surface area contributed by atoms with Crippen LogP contribution in [0.4, 0.5) is 0 Å². The molecule has 5 heteroatoms. The Morgan fingerprint density at radius 3 is 2.90 bits per heavy atom. The number of aromatic nitrogens is 2. The minimum absolute atomic E-state index is 0.0342. The first-order valence-electron chi connectivity index (χ1n) is 7.17. The van der Waals surface area contributed by atoms with Crippen molar-refractivity contribution in [1.82, 2.24) is 14.5 Å². The normalized spacial score (nSPS) is 17.0. The van der Waals surface area contributed by atoms with E-state index >= 15 is 0 Å². The van der Waals surface area contributed by atoms with Gasteiger partial charge in [0.1, 0.15) is 6.61 Å². The molecule has 0 spiro atoms. The van der Waals surface area contributed by atoms with Crippen LogP contribution in [0.3, 0.4) is 0 Å². The number of carbonyl (C=O) groups is 1. The van der Waals surface area contributed by atoms with E-state index in [0.717, 1.165) is 5.69 Å². The van der Waals surface area contributed by atoms with Gasteiger partial charge in [0.25, 0.3) is 0 Å². The molecule has 0 N–H and O–H groups in total. The summed E-state index contributed by atoms with van der Waals surface area (Å²) in [6.07, 6.45) is 3.85. The van der Waals surface area contributed by atoms with Crippen LogP contribution in [0.1, 0.15) is 24.2 Å². The average molecular weight is 285 g/mol. The van der Waals surface area contributed by atoms with Crippen LogP contribution < -0.4 is 0 Å². The number of rotatable bonds is 4. The van der Waals surface area contributed by atoms with Gasteiger partial charge in [-0.05, 0) is 12.5 Å². The first kappa shape index (κ1) is 13.8. The lowest BCUT2D eigenvalue weighted by Gasteiger charge is -2.25. The predicted molar refractivity (Wildman–Crippen MR) is 78.7 cm³/mol. The number of nitrogens with zero attached hydrogens (tertiary/aromatic N) is 3. The van der Waals surface area contributed by atoms with Gasteiger partial charge in [-0.25, -0.2) is 4.98 Å². The molecule has 0 aliphatic carbocycles. The number of imidazole rings is 1. The Morgan fingerprint density at radius 2 is 2.14 bits per heavy atom. The van der Waals surface area contributed by atoms with Gasteiger partial charge in [-0.15, -0.1) is 0 Å². The number of morpholine rings is 1. The Hall–Kier alpha value is -2.14. The molecule has 2 aromatic rings. The molecule has 1 amide bonds. The van der Waals surface area contributed by atoms with E-state index in [1.54, 1.807) is 4.90 Å². The highest BCUT2D eigenvalue weighted by Crippen LogP contribution is 2.18. The van der Waals surface area contributed by atoms with Crippen molar-refractivity contribution in [3.05, 3.63) is 54.1 Å². The van der Waals surface area contributed by atoms with Crippen molar-refractivity contribution >= 4 is 5.91 Å². The smallest absolute Gasteiger partial charge is 0.249 e. The SMILES string of the molecule is CC(c1ccccc1)n1cnc(CN2CCOCC2=O)c1. The first-order chi connectivity index (χ1) is 10.2. The quantitative estimate of drug-likeness (QED) is 0.861. The molecular weight excluding hydrogens is 266 g/mol. The highest BCUT2D eigenvalue weighted by Gasteiger charge is 2.19. The molecule has 1 aliphatic heterocycles. The van der Waals surface area contributed by atoms with Crippen molar-refractivity contribution in [3.63, 3.8) is 0 Å². The van der Waals surface area contributed by atoms with Crippen molar-refractivity contribution in [1.29, 1.82) is 0 Å². The highest BCUT2D eigenvalue weighted by molar-refractivity contribution is 5.77. The molecule has 0 radical (unpaired) electrons. The van der Waals surface area contributed by atoms with Gasteiger partial charge in [0, 0.05) is 12.7 Å². The van der Waals surface area contributed by atoms with E-state index < -0.39 is 0 Å². The van der Waals surface area contributed by atoms with Crippen LogP contribution in [0, 0.1) is 0 Å². The Kier molecular flexibility index (Phi) is 4.01. The van der Waals surface area contributed by atoms with Gasteiger partial charge < -0.3 is 14.2 Å². The molecular formula is C16H19N3O2. The van der Waals surface area contributed by atoms with Crippen LogP contribution in [-0.4, -0.2) is 40.1 Å². The molecule has 0 saturated carbocycles. The third-order valence-electron chi connectivity index (χ3n) is 3.82. The fraction of sp³-hybridized carbons (Fsp3) is 0.375. The van der Waals surface area contributed by atoms with Crippen LogP contribution >= 0.6 is 0 Å². The van der Waals surface area contributed by atoms with E-state index in [1.165, 1.54) is 5.56 Å². The summed E-state index contributed by atoms with van der Waals surface area (Å²) in [4.78, 5) is 17.9. The molecule has 0 bridgehead atoms. The van der Waals surface area contributed by atoms with Crippen molar-refractivity contribution in [3.8, 4) is 0 Å². The van der Waals surface area contributed by atoms with E-state index in [0.29, 0.717) is 19.7 Å². The van der Waals surface area contributed by atoms with Crippen molar-refractivity contribution < 1.29 is 9.53 Å². The first-order valence-corrected chi connectivity index (χ1v) is 7.17. The summed E-state index contributed by atoms with van der Waals surface area (Å²) in [5.41, 5.74) is 2.15. The molecule has 110 valence electrons. The maximum Gasteiger partial charge on any atom is 0.249 e. The summed E-state index contributed by atoms with van der Waals surface area (Å²) in [5, 5.41) is 0. The lowest BCUT2D eigenvalue weighted by molar-refractivity contribution is -0.143. The zero-order chi connectivity index (χ0) is 14.7. The van der Waals surface area contributed by atoms with Crippen LogP contribution in [-0.2, 0) is 16.1 Å². The summed E-state index contributed by atoms with van der Waals surface area (Å²) < 4.78 is 7.21. The summed E-state index contributed by atoms with van der Waals surface area (Å²) >= 11 is 0. The van der Waals surface area contributed by atoms with Gasteiger partial charge in [-0.3, -0.25) is 4.79 Å². The Labute approximate surface area is 124 Å². The molecule has 1 unspecified atom stereocenters. The van der Waals surface area contributed by atoms with Crippen LogP contribution in [0.2, 0.25) is 0 Å². The minimum atomic E-state index is 0.0342. The number of hydrogen-bond acceptors (Lipinski definition) is 3. The standard InChI is InChI=1S/C16H19N3O2/c1-13(14-5-3-2-4-6-14)19-10-15(17-12-19)9-18-7-8-21-11-16(18)20/h2-6,10,12-13H,7-9,11H2,1H3. The van der Waals surface area contributed by atoms with Gasteiger partial charge in [0.15, 0.2) is 0 Å². The molecule has 1 fully saturated rings. The van der Waals surface area contributed by atoms with Crippen LogP contribution in [0.5, 0.6) is 0 Å². The van der Waals surface area contributed by atoms with Crippen LogP contribution in [0.15, 0.2) is 42.9 Å². The number of benzene rings is 1. The summed E-state index contributed by atoms with van der Waals surface area (Å²) in [5.74, 6) is 0.0342. The number of hydrogen-bond donors (Lipinski definition) is 0. The van der Waals surface area contributed by atoms with Gasteiger partial charge in [-0.1, -0.05) is 30.3 Å². The van der Waals surface area contributed by atoms with E-state index in [4.69, 9.17) is 4.74 Å². The van der Waals surface area contributed by atoms with Crippen molar-refractivity contribution in [2.45, 2.75) is 19.5 Å². The van der Waals surface area contributed by atoms with Crippen molar-refractivity contribution in [2.24, 2.45) is 0 Å². The molecule has 1 saturated heterocycles. The van der Waals surface area contributed by atoms with E-state index in [9.17, 15) is 4.79 Å². The van der Waals surface area contributed by atoms with Crippen molar-refractivity contribution in [2.75, 3.05) is 19.8 Å². The fourth-order valence-corrected chi connectivity index (χ4v) is 2.49. The topological polar surface area (TPSA) is 47.4 Å². The highest BCUT2D eigenvalue weighted by atomic mass is 16.5. The molecule has 5 nitrogen and oxygen atoms in total. The van der Waals surface area contributed by atoms with E-state index in [1.807, 2.05) is 30.7 Å². The molecule has 1 aromatic heterocycles. The maximum atomic E-state index is 11.7. The van der Waals surface area contributed by atoms with E-state index in [2.05, 4.69) is 28.6 Å². The second-order valence-corrected chi connectivity index (χ2v) is 5.27. The monoisotopic (exact) mass is 285 g/mol. The summed E-state index contributed by atoms with van der Waals surface area (Å²) in [7, 11) is 0. The third-order valence-corrected chi connectivity index (χ3v) is 3.82. The second kappa shape index (κ2) is 6.10. The Morgan fingerprint density at radius 1 is 1.33 bits per heavy atom. The van der Waals surface area contributed by atoms with Gasteiger partial charge >= 0.3 is 0 Å². The lowest BCUT2D eigenvalue weighted by Crippen LogP contribution is -2.41. The lowest BCUT2D eigenvalue weighted by atomic mass is 10.1. The molecule has 2 heterocycles.